The molecule has 82 valence electrons. The average Bonchev–Trinajstić information content (AvgIpc) is 2.26. The number of ether oxygens (including phenoxy) is 1. The molecule has 0 atom stereocenters. The molecule has 1 rings (SSSR count). The average molecular weight is 212 g/mol. The Morgan fingerprint density at radius 1 is 1.40 bits per heavy atom. The van der Waals surface area contributed by atoms with Gasteiger partial charge in [0.1, 0.15) is 11.6 Å². The summed E-state index contributed by atoms with van der Waals surface area (Å²) < 4.78 is 18.0. The van der Waals surface area contributed by atoms with E-state index in [9.17, 15) is 9.18 Å². The lowest BCUT2D eigenvalue weighted by Crippen LogP contribution is -2.01. The number of benzene rings is 1. The van der Waals surface area contributed by atoms with Crippen LogP contribution in [0.2, 0.25) is 0 Å². The van der Waals surface area contributed by atoms with Gasteiger partial charge in [0.15, 0.2) is 6.29 Å². The maximum Gasteiger partial charge on any atom is 0.153 e. The number of carbonyl (C=O) groups is 1. The minimum absolute atomic E-state index is 0.118. The molecule has 0 saturated carbocycles. The van der Waals surface area contributed by atoms with E-state index < -0.39 is 5.82 Å². The predicted molar refractivity (Wildman–Crippen MR) is 53.6 cm³/mol. The van der Waals surface area contributed by atoms with Gasteiger partial charge in [0.05, 0.1) is 12.2 Å². The molecular formula is C11H13FO3. The van der Waals surface area contributed by atoms with E-state index in [0.717, 1.165) is 6.07 Å². The van der Waals surface area contributed by atoms with Gasteiger partial charge in [0.2, 0.25) is 0 Å². The normalized spacial score (nSPS) is 10.0. The molecule has 15 heavy (non-hydrogen) atoms. The van der Waals surface area contributed by atoms with Crippen LogP contribution in [0.5, 0.6) is 5.75 Å². The fourth-order valence-corrected chi connectivity index (χ4v) is 1.14. The molecule has 0 fully saturated rings. The van der Waals surface area contributed by atoms with Gasteiger partial charge in [0.25, 0.3) is 0 Å². The van der Waals surface area contributed by atoms with E-state index in [4.69, 9.17) is 9.84 Å². The van der Waals surface area contributed by atoms with Crippen LogP contribution in [0.15, 0.2) is 18.2 Å². The van der Waals surface area contributed by atoms with Crippen molar-refractivity contribution in [2.75, 3.05) is 13.2 Å². The van der Waals surface area contributed by atoms with Crippen molar-refractivity contribution < 1.29 is 19.0 Å². The molecule has 0 amide bonds. The van der Waals surface area contributed by atoms with Crippen LogP contribution in [-0.4, -0.2) is 24.6 Å². The number of aliphatic hydroxyl groups is 1. The highest BCUT2D eigenvalue weighted by Crippen LogP contribution is 2.17. The quantitative estimate of drug-likeness (QED) is 0.577. The first-order valence-electron chi connectivity index (χ1n) is 4.76. The van der Waals surface area contributed by atoms with Crippen molar-refractivity contribution >= 4 is 6.29 Å². The van der Waals surface area contributed by atoms with Gasteiger partial charge in [-0.25, -0.2) is 4.39 Å². The van der Waals surface area contributed by atoms with E-state index in [2.05, 4.69) is 0 Å². The van der Waals surface area contributed by atoms with Crippen molar-refractivity contribution in [1.29, 1.82) is 0 Å². The molecule has 0 radical (unpaired) electrons. The zero-order valence-corrected chi connectivity index (χ0v) is 8.28. The highest BCUT2D eigenvalue weighted by molar-refractivity contribution is 5.79. The van der Waals surface area contributed by atoms with Crippen molar-refractivity contribution in [2.24, 2.45) is 0 Å². The van der Waals surface area contributed by atoms with Gasteiger partial charge in [-0.3, -0.25) is 4.79 Å². The van der Waals surface area contributed by atoms with Crippen molar-refractivity contribution in [2.45, 2.75) is 12.8 Å². The summed E-state index contributed by atoms with van der Waals surface area (Å²) in [6.07, 6.45) is 1.91. The molecule has 1 N–H and O–H groups in total. The van der Waals surface area contributed by atoms with Crippen LogP contribution < -0.4 is 4.74 Å². The third-order valence-corrected chi connectivity index (χ3v) is 1.91. The van der Waals surface area contributed by atoms with E-state index in [0.29, 0.717) is 31.5 Å². The number of hydrogen-bond donors (Lipinski definition) is 1. The Morgan fingerprint density at radius 2 is 2.20 bits per heavy atom. The van der Waals surface area contributed by atoms with Gasteiger partial charge in [0, 0.05) is 6.61 Å². The number of halogens is 1. The second-order valence-corrected chi connectivity index (χ2v) is 3.08. The van der Waals surface area contributed by atoms with Crippen LogP contribution in [0.1, 0.15) is 23.2 Å². The number of carbonyl (C=O) groups excluding carboxylic acids is 1. The fourth-order valence-electron chi connectivity index (χ4n) is 1.14. The highest BCUT2D eigenvalue weighted by Gasteiger charge is 2.03. The summed E-state index contributed by atoms with van der Waals surface area (Å²) in [4.78, 5) is 10.6. The molecule has 0 saturated heterocycles. The zero-order valence-electron chi connectivity index (χ0n) is 8.28. The lowest BCUT2D eigenvalue weighted by Gasteiger charge is -2.07. The second-order valence-electron chi connectivity index (χ2n) is 3.08. The number of aliphatic hydroxyl groups excluding tert-OH is 1. The highest BCUT2D eigenvalue weighted by atomic mass is 19.1. The van der Waals surface area contributed by atoms with Gasteiger partial charge < -0.3 is 9.84 Å². The molecule has 1 aromatic carbocycles. The zero-order chi connectivity index (χ0) is 11.1. The molecule has 0 spiro atoms. The molecule has 0 heterocycles. The molecular weight excluding hydrogens is 199 g/mol. The molecule has 3 nitrogen and oxygen atoms in total. The SMILES string of the molecule is O=Cc1cc(F)ccc1OCCCCO. The standard InChI is InChI=1S/C11H13FO3/c12-10-3-4-11(9(7-10)8-14)15-6-2-1-5-13/h3-4,7-8,13H,1-2,5-6H2. The summed E-state index contributed by atoms with van der Waals surface area (Å²) in [5, 5.41) is 8.54. The van der Waals surface area contributed by atoms with Crippen LogP contribution in [0.25, 0.3) is 0 Å². The smallest absolute Gasteiger partial charge is 0.153 e. The molecule has 4 heteroatoms. The van der Waals surface area contributed by atoms with Gasteiger partial charge in [-0.15, -0.1) is 0 Å². The predicted octanol–water partition coefficient (Wildman–Crippen LogP) is 1.79. The number of rotatable bonds is 6. The topological polar surface area (TPSA) is 46.5 Å². The minimum Gasteiger partial charge on any atom is -0.493 e. The monoisotopic (exact) mass is 212 g/mol. The maximum atomic E-state index is 12.7. The first-order valence-corrected chi connectivity index (χ1v) is 4.76. The largest absolute Gasteiger partial charge is 0.493 e. The van der Waals surface area contributed by atoms with Crippen LogP contribution in [-0.2, 0) is 0 Å². The van der Waals surface area contributed by atoms with Gasteiger partial charge in [-0.05, 0) is 31.0 Å². The van der Waals surface area contributed by atoms with Crippen LogP contribution >= 0.6 is 0 Å². The summed E-state index contributed by atoms with van der Waals surface area (Å²) in [5.41, 5.74) is 0.207. The Balaban J connectivity index is 2.56. The molecule has 0 aliphatic heterocycles. The van der Waals surface area contributed by atoms with Crippen LogP contribution in [0, 0.1) is 5.82 Å². The lowest BCUT2D eigenvalue weighted by atomic mass is 10.2. The van der Waals surface area contributed by atoms with Crippen molar-refractivity contribution in [3.05, 3.63) is 29.6 Å². The number of hydrogen-bond acceptors (Lipinski definition) is 3. The molecule has 0 unspecified atom stereocenters. The summed E-state index contributed by atoms with van der Waals surface area (Å²) in [6.45, 7) is 0.528. The van der Waals surface area contributed by atoms with Crippen molar-refractivity contribution in [1.82, 2.24) is 0 Å². The molecule has 0 bridgehead atoms. The first kappa shape index (κ1) is 11.7. The van der Waals surface area contributed by atoms with Crippen LogP contribution in [0.4, 0.5) is 4.39 Å². The Bertz CT molecular complexity index is 326. The Kier molecular flexibility index (Phi) is 4.77. The van der Waals surface area contributed by atoms with Gasteiger partial charge in [-0.1, -0.05) is 0 Å². The number of aldehydes is 1. The molecule has 0 aliphatic rings. The van der Waals surface area contributed by atoms with Crippen LogP contribution in [0.3, 0.4) is 0 Å². The van der Waals surface area contributed by atoms with E-state index in [-0.39, 0.29) is 12.2 Å². The van der Waals surface area contributed by atoms with E-state index in [1.165, 1.54) is 12.1 Å². The van der Waals surface area contributed by atoms with Crippen molar-refractivity contribution in [3.8, 4) is 5.75 Å². The van der Waals surface area contributed by atoms with Gasteiger partial charge in [-0.2, -0.15) is 0 Å². The Morgan fingerprint density at radius 3 is 2.87 bits per heavy atom. The third-order valence-electron chi connectivity index (χ3n) is 1.91. The first-order chi connectivity index (χ1) is 7.27. The lowest BCUT2D eigenvalue weighted by molar-refractivity contribution is 0.111. The summed E-state index contributed by atoms with van der Waals surface area (Å²) >= 11 is 0. The van der Waals surface area contributed by atoms with Gasteiger partial charge >= 0.3 is 0 Å². The maximum absolute atomic E-state index is 12.7. The van der Waals surface area contributed by atoms with E-state index >= 15 is 0 Å². The fraction of sp³-hybridized carbons (Fsp3) is 0.364. The molecule has 0 aliphatic carbocycles. The van der Waals surface area contributed by atoms with E-state index in [1.807, 2.05) is 0 Å². The Hall–Kier alpha value is -1.42. The summed E-state index contributed by atoms with van der Waals surface area (Å²) in [7, 11) is 0. The van der Waals surface area contributed by atoms with E-state index in [1.54, 1.807) is 0 Å². The number of unbranched alkanes of at least 4 members (excludes halogenated alkanes) is 1. The molecule has 0 aromatic heterocycles. The van der Waals surface area contributed by atoms with Crippen molar-refractivity contribution in [3.63, 3.8) is 0 Å². The summed E-state index contributed by atoms with van der Waals surface area (Å²) in [5.74, 6) is -0.0795. The third kappa shape index (κ3) is 3.67. The Labute approximate surface area is 87.5 Å². The molecule has 1 aromatic rings. The minimum atomic E-state index is -0.459. The second kappa shape index (κ2) is 6.14. The summed E-state index contributed by atoms with van der Waals surface area (Å²) in [6, 6.07) is 3.81.